The predicted octanol–water partition coefficient (Wildman–Crippen LogP) is 4.63. The molecule has 2 aromatic heterocycles. The number of hydrogen-bond donors (Lipinski definition) is 2. The second-order valence-electron chi connectivity index (χ2n) is 9.18. The van der Waals surface area contributed by atoms with Crippen LogP contribution in [0.4, 0.5) is 21.7 Å². The Bertz CT molecular complexity index is 1490. The molecule has 4 aromatic rings. The maximum atomic E-state index is 15.1. The van der Waals surface area contributed by atoms with Crippen molar-refractivity contribution < 1.29 is 13.9 Å². The molecule has 1 atom stereocenters. The Kier molecular flexibility index (Phi) is 5.40. The topological polar surface area (TPSA) is 92.3 Å². The van der Waals surface area contributed by atoms with Gasteiger partial charge in [0.25, 0.3) is 0 Å². The van der Waals surface area contributed by atoms with E-state index in [2.05, 4.69) is 25.6 Å². The van der Waals surface area contributed by atoms with Gasteiger partial charge in [0.05, 0.1) is 11.4 Å². The Morgan fingerprint density at radius 1 is 1.14 bits per heavy atom. The van der Waals surface area contributed by atoms with Gasteiger partial charge in [-0.25, -0.2) is 19.3 Å². The monoisotopic (exact) mass is 484 g/mol. The molecule has 1 fully saturated rings. The van der Waals surface area contributed by atoms with E-state index in [9.17, 15) is 4.79 Å². The molecule has 2 aliphatic rings. The van der Waals surface area contributed by atoms with Crippen molar-refractivity contribution in [3.05, 3.63) is 65.7 Å². The number of pyridine rings is 1. The number of nitrogens with one attached hydrogen (secondary N) is 2. The van der Waals surface area contributed by atoms with E-state index in [0.29, 0.717) is 47.0 Å². The van der Waals surface area contributed by atoms with E-state index >= 15 is 4.39 Å². The maximum absolute atomic E-state index is 15.1. The molecule has 4 heterocycles. The van der Waals surface area contributed by atoms with Gasteiger partial charge in [0.15, 0.2) is 0 Å². The van der Waals surface area contributed by atoms with Crippen molar-refractivity contribution in [1.29, 1.82) is 0 Å². The molecule has 182 valence electrons. The molecular formula is C27H25FN6O2. The fraction of sp³-hybridized carbons (Fsp3) is 0.259. The van der Waals surface area contributed by atoms with Crippen LogP contribution in [0.25, 0.3) is 22.0 Å². The second-order valence-corrected chi connectivity index (χ2v) is 9.18. The van der Waals surface area contributed by atoms with Crippen molar-refractivity contribution in [1.82, 2.24) is 19.9 Å². The van der Waals surface area contributed by atoms with Crippen LogP contribution >= 0.6 is 0 Å². The molecule has 9 heteroatoms. The number of ether oxygens (including phenoxy) is 1. The van der Waals surface area contributed by atoms with Gasteiger partial charge in [-0.2, -0.15) is 0 Å². The van der Waals surface area contributed by atoms with Gasteiger partial charge in [0, 0.05) is 54.7 Å². The summed E-state index contributed by atoms with van der Waals surface area (Å²) in [4.78, 5) is 27.4. The largest absolute Gasteiger partial charge is 0.474 e. The summed E-state index contributed by atoms with van der Waals surface area (Å²) >= 11 is 0. The highest BCUT2D eigenvalue weighted by Gasteiger charge is 2.30. The summed E-state index contributed by atoms with van der Waals surface area (Å²) in [7, 11) is 1.83. The molecule has 36 heavy (non-hydrogen) atoms. The number of fused-ring (bicyclic) bond motifs is 2. The average molecular weight is 485 g/mol. The van der Waals surface area contributed by atoms with Crippen molar-refractivity contribution >= 4 is 34.1 Å². The average Bonchev–Trinajstić information content (AvgIpc) is 3.23. The molecule has 2 aromatic carbocycles. The normalized spacial score (nSPS) is 17.0. The van der Waals surface area contributed by atoms with Gasteiger partial charge < -0.3 is 20.3 Å². The van der Waals surface area contributed by atoms with Gasteiger partial charge in [0.1, 0.15) is 18.1 Å². The Morgan fingerprint density at radius 2 is 1.97 bits per heavy atom. The molecule has 1 saturated heterocycles. The molecule has 0 bridgehead atoms. The van der Waals surface area contributed by atoms with Gasteiger partial charge in [-0.15, -0.1) is 0 Å². The van der Waals surface area contributed by atoms with Crippen molar-refractivity contribution in [2.24, 2.45) is 0 Å². The van der Waals surface area contributed by atoms with Crippen molar-refractivity contribution in [2.75, 3.05) is 37.4 Å². The Hall–Kier alpha value is -4.27. The Morgan fingerprint density at radius 3 is 2.75 bits per heavy atom. The number of likely N-dealkylation sites (tertiary alicyclic amines) is 1. The zero-order valence-electron chi connectivity index (χ0n) is 20.0. The van der Waals surface area contributed by atoms with Crippen LogP contribution in [-0.4, -0.2) is 52.5 Å². The van der Waals surface area contributed by atoms with Crippen LogP contribution in [-0.2, 0) is 4.79 Å². The number of hydrogen-bond acceptors (Lipinski definition) is 7. The Balaban J connectivity index is 1.29. The highest BCUT2D eigenvalue weighted by atomic mass is 19.1. The van der Waals surface area contributed by atoms with Crippen LogP contribution in [0.2, 0.25) is 0 Å². The van der Waals surface area contributed by atoms with E-state index in [0.717, 1.165) is 35.5 Å². The number of benzene rings is 2. The zero-order chi connectivity index (χ0) is 24.8. The molecule has 0 saturated carbocycles. The predicted molar refractivity (Wildman–Crippen MR) is 136 cm³/mol. The molecule has 8 nitrogen and oxygen atoms in total. The SMILES string of the molecule is Cc1c(-c2cc3nc(Nc4ccc(C5CCN(C)C5=O)cc4)ncc3cc2F)cnc2c1NCCO2. The summed E-state index contributed by atoms with van der Waals surface area (Å²) in [5.41, 5.74) is 5.18. The zero-order valence-corrected chi connectivity index (χ0v) is 20.0. The van der Waals surface area contributed by atoms with Crippen LogP contribution in [0.1, 0.15) is 23.5 Å². The minimum atomic E-state index is -0.365. The molecule has 0 spiro atoms. The molecule has 1 amide bonds. The minimum absolute atomic E-state index is 0.0856. The van der Waals surface area contributed by atoms with E-state index in [1.165, 1.54) is 6.07 Å². The first-order valence-corrected chi connectivity index (χ1v) is 11.9. The lowest BCUT2D eigenvalue weighted by atomic mass is 9.97. The highest BCUT2D eigenvalue weighted by Crippen LogP contribution is 2.37. The summed E-state index contributed by atoms with van der Waals surface area (Å²) in [6.07, 6.45) is 4.07. The van der Waals surface area contributed by atoms with Crippen LogP contribution in [0.15, 0.2) is 48.8 Å². The molecular weight excluding hydrogens is 459 g/mol. The van der Waals surface area contributed by atoms with Gasteiger partial charge in [-0.1, -0.05) is 12.1 Å². The number of carbonyl (C=O) groups excluding carboxylic acids is 1. The fourth-order valence-corrected chi connectivity index (χ4v) is 4.87. The number of rotatable bonds is 4. The lowest BCUT2D eigenvalue weighted by molar-refractivity contribution is -0.127. The Labute approximate surface area is 207 Å². The van der Waals surface area contributed by atoms with E-state index in [4.69, 9.17) is 4.74 Å². The first kappa shape index (κ1) is 22.2. The third-order valence-corrected chi connectivity index (χ3v) is 6.90. The molecule has 2 aliphatic heterocycles. The van der Waals surface area contributed by atoms with E-state index in [-0.39, 0.29) is 17.6 Å². The van der Waals surface area contributed by atoms with Gasteiger partial charge in [-0.05, 0) is 48.7 Å². The highest BCUT2D eigenvalue weighted by molar-refractivity contribution is 5.87. The van der Waals surface area contributed by atoms with Gasteiger partial charge in [0.2, 0.25) is 17.7 Å². The van der Waals surface area contributed by atoms with E-state index in [1.54, 1.807) is 23.4 Å². The molecule has 2 N–H and O–H groups in total. The summed E-state index contributed by atoms with van der Waals surface area (Å²) in [6.45, 7) is 3.93. The minimum Gasteiger partial charge on any atom is -0.474 e. The number of likely N-dealkylation sites (N-methyl/N-ethyl adjacent to an activating group) is 1. The summed E-state index contributed by atoms with van der Waals surface area (Å²) in [5, 5.41) is 7.11. The number of anilines is 3. The maximum Gasteiger partial charge on any atom is 0.237 e. The molecule has 0 radical (unpaired) electrons. The molecule has 0 aliphatic carbocycles. The third kappa shape index (κ3) is 3.86. The van der Waals surface area contributed by atoms with Gasteiger partial charge >= 0.3 is 0 Å². The van der Waals surface area contributed by atoms with Crippen LogP contribution in [0.3, 0.4) is 0 Å². The first-order valence-electron chi connectivity index (χ1n) is 11.9. The standard InChI is InChI=1S/C27H25FN6O2/c1-15-21(14-30-25-24(15)29-8-10-36-25)20-12-23-17(11-22(20)28)13-31-27(33-23)32-18-5-3-16(4-6-18)19-7-9-34(2)26(19)35/h3-6,11-14,19,29H,7-10H2,1-2H3,(H,31,32,33). The van der Waals surface area contributed by atoms with Crippen molar-refractivity contribution in [3.63, 3.8) is 0 Å². The van der Waals surface area contributed by atoms with E-state index < -0.39 is 0 Å². The molecule has 1 unspecified atom stereocenters. The third-order valence-electron chi connectivity index (χ3n) is 6.90. The number of nitrogens with zero attached hydrogens (tertiary/aromatic N) is 4. The quantitative estimate of drug-likeness (QED) is 0.436. The first-order chi connectivity index (χ1) is 17.5. The smallest absolute Gasteiger partial charge is 0.237 e. The van der Waals surface area contributed by atoms with Crippen molar-refractivity contribution in [2.45, 2.75) is 19.3 Å². The number of aromatic nitrogens is 3. The fourth-order valence-electron chi connectivity index (χ4n) is 4.87. The number of carbonyl (C=O) groups is 1. The number of halogens is 1. The van der Waals surface area contributed by atoms with Crippen LogP contribution < -0.4 is 15.4 Å². The summed E-state index contributed by atoms with van der Waals surface area (Å²) in [5.74, 6) is 0.644. The van der Waals surface area contributed by atoms with Crippen LogP contribution in [0.5, 0.6) is 5.88 Å². The summed E-state index contributed by atoms with van der Waals surface area (Å²) < 4.78 is 20.7. The lowest BCUT2D eigenvalue weighted by Crippen LogP contribution is -2.21. The molecule has 6 rings (SSSR count). The van der Waals surface area contributed by atoms with Gasteiger partial charge in [-0.3, -0.25) is 4.79 Å². The van der Waals surface area contributed by atoms with E-state index in [1.807, 2.05) is 38.2 Å². The lowest BCUT2D eigenvalue weighted by Gasteiger charge is -2.21. The van der Waals surface area contributed by atoms with Crippen molar-refractivity contribution in [3.8, 4) is 17.0 Å². The second kappa shape index (κ2) is 8.75. The number of amides is 1. The van der Waals surface area contributed by atoms with Crippen LogP contribution in [0, 0.1) is 12.7 Å². The summed E-state index contributed by atoms with van der Waals surface area (Å²) in [6, 6.07) is 10.9.